The molecule has 0 amide bonds. The molecule has 1 aromatic carbocycles. The molecule has 3 nitrogen and oxygen atoms in total. The third-order valence-corrected chi connectivity index (χ3v) is 2.39. The summed E-state index contributed by atoms with van der Waals surface area (Å²) in [6, 6.07) is 10.6. The van der Waals surface area contributed by atoms with Gasteiger partial charge in [0.05, 0.1) is 6.26 Å². The molecule has 2 rings (SSSR count). The fourth-order valence-electron chi connectivity index (χ4n) is 1.32. The van der Waals surface area contributed by atoms with Crippen molar-refractivity contribution in [3.8, 4) is 5.75 Å². The van der Waals surface area contributed by atoms with E-state index in [1.165, 1.54) is 11.8 Å². The number of carbonyl (C=O) groups excluding carboxylic acids is 1. The number of phenolic OH excluding ortho intramolecular Hbond substituents is 1. The van der Waals surface area contributed by atoms with Gasteiger partial charge in [0.25, 0.3) is 0 Å². The van der Waals surface area contributed by atoms with E-state index in [2.05, 4.69) is 25.2 Å². The number of phenols is 1. The summed E-state index contributed by atoms with van der Waals surface area (Å²) in [4.78, 5) is 9.77. The predicted octanol–water partition coefficient (Wildman–Crippen LogP) is 3.78. The molecule has 2 aromatic rings. The monoisotopic (exact) mass is 246 g/mol. The normalized spacial score (nSPS) is 10.4. The van der Waals surface area contributed by atoms with Gasteiger partial charge in [-0.05, 0) is 35.2 Å². The highest BCUT2D eigenvalue weighted by molar-refractivity contribution is 5.69. The van der Waals surface area contributed by atoms with Gasteiger partial charge in [-0.25, -0.2) is 0 Å². The van der Waals surface area contributed by atoms with Gasteiger partial charge in [-0.1, -0.05) is 32.9 Å². The third kappa shape index (κ3) is 4.45. The van der Waals surface area contributed by atoms with E-state index in [0.29, 0.717) is 17.8 Å². The van der Waals surface area contributed by atoms with Gasteiger partial charge in [0.2, 0.25) is 0 Å². The lowest BCUT2D eigenvalue weighted by Crippen LogP contribution is -2.10. The molecule has 0 atom stereocenters. The first-order valence-electron chi connectivity index (χ1n) is 5.71. The summed E-state index contributed by atoms with van der Waals surface area (Å²) in [6.07, 6.45) is 2.13. The molecule has 3 heteroatoms. The van der Waals surface area contributed by atoms with Crippen LogP contribution in [0.15, 0.2) is 47.1 Å². The van der Waals surface area contributed by atoms with Gasteiger partial charge in [0.1, 0.15) is 5.75 Å². The van der Waals surface area contributed by atoms with Crippen molar-refractivity contribution in [3.05, 3.63) is 54.0 Å². The van der Waals surface area contributed by atoms with Crippen LogP contribution in [0.3, 0.4) is 0 Å². The van der Waals surface area contributed by atoms with Crippen LogP contribution in [0.2, 0.25) is 0 Å². The molecular weight excluding hydrogens is 228 g/mol. The number of carbonyl (C=O) groups is 1. The lowest BCUT2D eigenvalue weighted by Gasteiger charge is -2.18. The lowest BCUT2D eigenvalue weighted by molar-refractivity contribution is 0.110. The first-order chi connectivity index (χ1) is 8.43. The summed E-state index contributed by atoms with van der Waals surface area (Å²) in [5.74, 6) is 0.706. The molecule has 0 aliphatic rings. The van der Waals surface area contributed by atoms with Crippen LogP contribution >= 0.6 is 0 Å². The van der Waals surface area contributed by atoms with Gasteiger partial charge in [0.15, 0.2) is 12.0 Å². The van der Waals surface area contributed by atoms with Crippen molar-refractivity contribution in [1.82, 2.24) is 0 Å². The van der Waals surface area contributed by atoms with Gasteiger partial charge in [-0.3, -0.25) is 4.79 Å². The minimum atomic E-state index is 0.174. The van der Waals surface area contributed by atoms with Crippen LogP contribution in [0.25, 0.3) is 0 Å². The maximum absolute atomic E-state index is 9.77. The third-order valence-electron chi connectivity index (χ3n) is 2.39. The van der Waals surface area contributed by atoms with E-state index < -0.39 is 0 Å². The first-order valence-corrected chi connectivity index (χ1v) is 5.71. The fraction of sp³-hybridized carbons (Fsp3) is 0.267. The standard InChI is InChI=1S/C10H14O.C5H4O2/c1-10(2,3)8-4-6-9(11)7-5-8;6-4-5-2-1-3-7-5/h4-7,11H,1-3H3;1-4H. The Morgan fingerprint density at radius 3 is 2.06 bits per heavy atom. The molecule has 0 saturated heterocycles. The maximum Gasteiger partial charge on any atom is 0.185 e. The Morgan fingerprint density at radius 1 is 1.11 bits per heavy atom. The lowest BCUT2D eigenvalue weighted by atomic mass is 9.87. The highest BCUT2D eigenvalue weighted by Gasteiger charge is 2.12. The molecule has 0 radical (unpaired) electrons. The topological polar surface area (TPSA) is 50.4 Å². The molecule has 0 spiro atoms. The summed E-state index contributed by atoms with van der Waals surface area (Å²) in [5.41, 5.74) is 1.42. The second-order valence-corrected chi connectivity index (χ2v) is 4.93. The average Bonchev–Trinajstić information content (AvgIpc) is 2.82. The molecule has 18 heavy (non-hydrogen) atoms. The van der Waals surface area contributed by atoms with Crippen LogP contribution in [0.1, 0.15) is 36.9 Å². The number of aldehydes is 1. The van der Waals surface area contributed by atoms with Crippen molar-refractivity contribution in [1.29, 1.82) is 0 Å². The maximum atomic E-state index is 9.77. The molecule has 0 unspecified atom stereocenters. The second-order valence-electron chi connectivity index (χ2n) is 4.93. The SMILES string of the molecule is CC(C)(C)c1ccc(O)cc1.O=Cc1ccco1. The largest absolute Gasteiger partial charge is 0.508 e. The molecular formula is C15H18O3. The summed E-state index contributed by atoms with van der Waals surface area (Å²) in [5, 5.41) is 9.02. The van der Waals surface area contributed by atoms with Gasteiger partial charge < -0.3 is 9.52 Å². The van der Waals surface area contributed by atoms with Crippen molar-refractivity contribution in [3.63, 3.8) is 0 Å². The summed E-state index contributed by atoms with van der Waals surface area (Å²) < 4.78 is 4.61. The smallest absolute Gasteiger partial charge is 0.185 e. The van der Waals surface area contributed by atoms with Crippen LogP contribution in [-0.2, 0) is 5.41 Å². The van der Waals surface area contributed by atoms with Crippen LogP contribution < -0.4 is 0 Å². The number of rotatable bonds is 1. The van der Waals surface area contributed by atoms with E-state index in [9.17, 15) is 4.79 Å². The quantitative estimate of drug-likeness (QED) is 0.779. The molecule has 1 aromatic heterocycles. The molecule has 0 saturated carbocycles. The van der Waals surface area contributed by atoms with Crippen LogP contribution in [-0.4, -0.2) is 11.4 Å². The Bertz CT molecular complexity index is 461. The minimum absolute atomic E-state index is 0.174. The van der Waals surface area contributed by atoms with Crippen LogP contribution in [0.4, 0.5) is 0 Å². The van der Waals surface area contributed by atoms with Gasteiger partial charge in [0, 0.05) is 0 Å². The van der Waals surface area contributed by atoms with Gasteiger partial charge >= 0.3 is 0 Å². The Balaban J connectivity index is 0.000000199. The molecule has 0 bridgehead atoms. The summed E-state index contributed by atoms with van der Waals surface area (Å²) in [7, 11) is 0. The van der Waals surface area contributed by atoms with Crippen LogP contribution in [0.5, 0.6) is 5.75 Å². The Labute approximate surface area is 107 Å². The van der Waals surface area contributed by atoms with E-state index >= 15 is 0 Å². The van der Waals surface area contributed by atoms with E-state index in [-0.39, 0.29) is 5.41 Å². The van der Waals surface area contributed by atoms with Crippen molar-refractivity contribution in [2.45, 2.75) is 26.2 Å². The zero-order chi connectivity index (χ0) is 13.6. The Morgan fingerprint density at radius 2 is 1.72 bits per heavy atom. The summed E-state index contributed by atoms with van der Waals surface area (Å²) >= 11 is 0. The number of benzene rings is 1. The first kappa shape index (κ1) is 14.0. The van der Waals surface area contributed by atoms with E-state index in [0.717, 1.165) is 0 Å². The van der Waals surface area contributed by atoms with Gasteiger partial charge in [-0.2, -0.15) is 0 Å². The fourth-order valence-corrected chi connectivity index (χ4v) is 1.32. The minimum Gasteiger partial charge on any atom is -0.508 e. The Kier molecular flexibility index (Phi) is 4.72. The average molecular weight is 246 g/mol. The molecule has 0 aliphatic carbocycles. The number of hydrogen-bond acceptors (Lipinski definition) is 3. The number of aromatic hydroxyl groups is 1. The highest BCUT2D eigenvalue weighted by atomic mass is 16.3. The molecule has 96 valence electrons. The molecule has 0 aliphatic heterocycles. The van der Waals surface area contributed by atoms with Crippen molar-refractivity contribution >= 4 is 6.29 Å². The molecule has 0 fully saturated rings. The predicted molar refractivity (Wildman–Crippen MR) is 70.9 cm³/mol. The number of furan rings is 1. The van der Waals surface area contributed by atoms with E-state index in [1.807, 2.05) is 12.1 Å². The van der Waals surface area contributed by atoms with Crippen molar-refractivity contribution in [2.24, 2.45) is 0 Å². The van der Waals surface area contributed by atoms with Crippen molar-refractivity contribution < 1.29 is 14.3 Å². The Hall–Kier alpha value is -2.03. The van der Waals surface area contributed by atoms with E-state index in [4.69, 9.17) is 5.11 Å². The number of hydrogen-bond donors (Lipinski definition) is 1. The summed E-state index contributed by atoms with van der Waals surface area (Å²) in [6.45, 7) is 6.46. The molecule has 1 heterocycles. The zero-order valence-corrected chi connectivity index (χ0v) is 10.9. The highest BCUT2D eigenvalue weighted by Crippen LogP contribution is 2.23. The zero-order valence-electron chi connectivity index (χ0n) is 10.9. The van der Waals surface area contributed by atoms with Gasteiger partial charge in [-0.15, -0.1) is 0 Å². The second kappa shape index (κ2) is 6.05. The van der Waals surface area contributed by atoms with Crippen molar-refractivity contribution in [2.75, 3.05) is 0 Å². The van der Waals surface area contributed by atoms with E-state index in [1.54, 1.807) is 24.3 Å². The molecule has 1 N–H and O–H groups in total. The van der Waals surface area contributed by atoms with Crippen LogP contribution in [0, 0.1) is 0 Å².